The molecule has 0 aliphatic carbocycles. The van der Waals surface area contributed by atoms with Crippen molar-refractivity contribution in [2.75, 3.05) is 5.75 Å². The number of carbonyl (C=O) groups excluding carboxylic acids is 3. The number of Topliss-reactive ketones (excluding diaryl/α,β-unsaturated/α-hetero) is 1. The summed E-state index contributed by atoms with van der Waals surface area (Å²) >= 11 is 1.51. The highest BCUT2D eigenvalue weighted by Crippen LogP contribution is 2.44. The van der Waals surface area contributed by atoms with Crippen LogP contribution < -0.4 is 0 Å². The number of ketones is 1. The van der Waals surface area contributed by atoms with Crippen molar-refractivity contribution in [2.24, 2.45) is 5.92 Å². The molecule has 0 unspecified atom stereocenters. The molecule has 3 atom stereocenters. The molecule has 3 rings (SSSR count). The lowest BCUT2D eigenvalue weighted by molar-refractivity contribution is -0.150. The topological polar surface area (TPSA) is 54.5 Å². The Bertz CT molecular complexity index is 516. The van der Waals surface area contributed by atoms with Gasteiger partial charge in [0.25, 0.3) is 0 Å². The molecule has 2 aliphatic heterocycles. The maximum atomic E-state index is 12.2. The van der Waals surface area contributed by atoms with Crippen LogP contribution in [0.4, 0.5) is 0 Å². The van der Waals surface area contributed by atoms with Crippen LogP contribution >= 0.6 is 11.8 Å². The second kappa shape index (κ2) is 4.24. The minimum absolute atomic E-state index is 0.138. The van der Waals surface area contributed by atoms with Crippen molar-refractivity contribution in [1.29, 1.82) is 0 Å². The molecule has 0 saturated carbocycles. The Hall–Kier alpha value is -1.62. The largest absolute Gasteiger partial charge is 0.318 e. The van der Waals surface area contributed by atoms with Crippen molar-refractivity contribution < 1.29 is 14.4 Å². The summed E-state index contributed by atoms with van der Waals surface area (Å²) < 4.78 is 0. The molecule has 0 bridgehead atoms. The average Bonchev–Trinajstić information content (AvgIpc) is 2.78. The first-order valence-electron chi connectivity index (χ1n) is 5.72. The molecule has 1 aromatic rings. The van der Waals surface area contributed by atoms with Gasteiger partial charge in [-0.3, -0.25) is 9.59 Å². The third kappa shape index (κ3) is 1.50. The Balaban J connectivity index is 1.82. The summed E-state index contributed by atoms with van der Waals surface area (Å²) in [6, 6.07) is 8.48. The first kappa shape index (κ1) is 11.5. The van der Waals surface area contributed by atoms with E-state index in [9.17, 15) is 14.4 Å². The molecule has 5 heteroatoms. The smallest absolute Gasteiger partial charge is 0.238 e. The number of β-lactam (4-membered cyclic amide) rings is 1. The van der Waals surface area contributed by atoms with Crippen molar-refractivity contribution >= 4 is 29.7 Å². The third-order valence-corrected chi connectivity index (χ3v) is 4.75. The number of carbonyl (C=O) groups is 3. The lowest BCUT2D eigenvalue weighted by atomic mass is 9.88. The molecule has 0 radical (unpaired) electrons. The van der Waals surface area contributed by atoms with Crippen LogP contribution in [-0.4, -0.2) is 40.0 Å². The van der Waals surface area contributed by atoms with Gasteiger partial charge in [0, 0.05) is 11.3 Å². The number of rotatable bonds is 3. The zero-order chi connectivity index (χ0) is 12.7. The Kier molecular flexibility index (Phi) is 2.70. The second-order valence-corrected chi connectivity index (χ2v) is 5.53. The summed E-state index contributed by atoms with van der Waals surface area (Å²) in [5.41, 5.74) is 0.561. The predicted molar refractivity (Wildman–Crippen MR) is 67.2 cm³/mol. The van der Waals surface area contributed by atoms with Crippen LogP contribution in [0.2, 0.25) is 0 Å². The number of amides is 1. The van der Waals surface area contributed by atoms with Gasteiger partial charge in [-0.15, -0.1) is 11.8 Å². The fourth-order valence-corrected chi connectivity index (χ4v) is 3.91. The molecule has 0 spiro atoms. The van der Waals surface area contributed by atoms with Crippen LogP contribution in [0, 0.1) is 5.92 Å². The number of fused-ring (bicyclic) bond motifs is 1. The molecule has 2 aliphatic rings. The number of aldehydes is 1. The SMILES string of the molecule is O=C[C@@H]1CS[C@H]2[C@H](C(=O)c3ccccc3)C(=O)N12. The molecule has 0 aromatic heterocycles. The molecule has 92 valence electrons. The highest BCUT2D eigenvalue weighted by atomic mass is 32.2. The van der Waals surface area contributed by atoms with Gasteiger partial charge >= 0.3 is 0 Å². The number of hydrogen-bond donors (Lipinski definition) is 0. The number of nitrogens with zero attached hydrogens (tertiary/aromatic N) is 1. The summed E-state index contributed by atoms with van der Waals surface area (Å²) in [7, 11) is 0. The van der Waals surface area contributed by atoms with E-state index >= 15 is 0 Å². The summed E-state index contributed by atoms with van der Waals surface area (Å²) in [6.45, 7) is 0. The fourth-order valence-electron chi connectivity index (χ4n) is 2.42. The summed E-state index contributed by atoms with van der Waals surface area (Å²) in [5.74, 6) is -0.363. The van der Waals surface area contributed by atoms with Crippen LogP contribution in [0.3, 0.4) is 0 Å². The van der Waals surface area contributed by atoms with Crippen LogP contribution in [0.5, 0.6) is 0 Å². The van der Waals surface area contributed by atoms with Gasteiger partial charge in [-0.1, -0.05) is 30.3 Å². The van der Waals surface area contributed by atoms with E-state index in [-0.39, 0.29) is 23.1 Å². The van der Waals surface area contributed by atoms with Crippen molar-refractivity contribution in [3.8, 4) is 0 Å². The van der Waals surface area contributed by atoms with E-state index in [4.69, 9.17) is 0 Å². The Labute approximate surface area is 108 Å². The first-order chi connectivity index (χ1) is 8.74. The second-order valence-electron chi connectivity index (χ2n) is 4.38. The van der Waals surface area contributed by atoms with Gasteiger partial charge in [-0.25, -0.2) is 0 Å². The van der Waals surface area contributed by atoms with E-state index in [2.05, 4.69) is 0 Å². The molecule has 2 saturated heterocycles. The molecular formula is C13H11NO3S. The van der Waals surface area contributed by atoms with Crippen molar-refractivity contribution in [2.45, 2.75) is 11.4 Å². The maximum Gasteiger partial charge on any atom is 0.238 e. The quantitative estimate of drug-likeness (QED) is 0.352. The van der Waals surface area contributed by atoms with Crippen molar-refractivity contribution in [1.82, 2.24) is 4.90 Å². The van der Waals surface area contributed by atoms with E-state index in [1.54, 1.807) is 24.3 Å². The highest BCUT2D eigenvalue weighted by Gasteiger charge is 2.57. The lowest BCUT2D eigenvalue weighted by Gasteiger charge is -2.42. The molecule has 1 aromatic carbocycles. The van der Waals surface area contributed by atoms with Crippen molar-refractivity contribution in [3.63, 3.8) is 0 Å². The van der Waals surface area contributed by atoms with E-state index in [1.807, 2.05) is 6.07 Å². The molecule has 18 heavy (non-hydrogen) atoms. The van der Waals surface area contributed by atoms with E-state index in [0.717, 1.165) is 6.29 Å². The van der Waals surface area contributed by atoms with Crippen LogP contribution in [-0.2, 0) is 9.59 Å². The molecule has 4 nitrogen and oxygen atoms in total. The van der Waals surface area contributed by atoms with E-state index in [1.165, 1.54) is 16.7 Å². The maximum absolute atomic E-state index is 12.2. The summed E-state index contributed by atoms with van der Waals surface area (Å²) in [5, 5.41) is -0.152. The molecule has 1 amide bonds. The lowest BCUT2D eigenvalue weighted by Crippen LogP contribution is -2.62. The zero-order valence-corrected chi connectivity index (χ0v) is 10.3. The summed E-state index contributed by atoms with van der Waals surface area (Å²) in [6.07, 6.45) is 0.786. The number of benzene rings is 1. The molecule has 2 fully saturated rings. The Morgan fingerprint density at radius 3 is 2.72 bits per heavy atom. The van der Waals surface area contributed by atoms with E-state index in [0.29, 0.717) is 11.3 Å². The van der Waals surface area contributed by atoms with E-state index < -0.39 is 5.92 Å². The third-order valence-electron chi connectivity index (χ3n) is 3.37. The highest BCUT2D eigenvalue weighted by molar-refractivity contribution is 8.00. The van der Waals surface area contributed by atoms with Gasteiger partial charge in [0.1, 0.15) is 12.2 Å². The molecule has 2 heterocycles. The average molecular weight is 261 g/mol. The normalized spacial score (nSPS) is 29.7. The standard InChI is InChI=1S/C13H11NO3S/c15-6-9-7-18-13-10(12(17)14(9)13)11(16)8-4-2-1-3-5-8/h1-6,9-10,13H,7H2/t9-,10-,13+/m1/s1. The predicted octanol–water partition coefficient (Wildman–Crippen LogP) is 0.968. The van der Waals surface area contributed by atoms with Gasteiger partial charge in [0.15, 0.2) is 5.78 Å². The van der Waals surface area contributed by atoms with Gasteiger partial charge < -0.3 is 9.69 Å². The van der Waals surface area contributed by atoms with Gasteiger partial charge in [0.2, 0.25) is 5.91 Å². The summed E-state index contributed by atoms with van der Waals surface area (Å²) in [4.78, 5) is 36.5. The fraction of sp³-hybridized carbons (Fsp3) is 0.308. The minimum atomic E-state index is -0.609. The number of hydrogen-bond acceptors (Lipinski definition) is 4. The minimum Gasteiger partial charge on any atom is -0.318 e. The van der Waals surface area contributed by atoms with Gasteiger partial charge in [-0.2, -0.15) is 0 Å². The zero-order valence-electron chi connectivity index (χ0n) is 9.48. The molecule has 0 N–H and O–H groups in total. The monoisotopic (exact) mass is 261 g/mol. The van der Waals surface area contributed by atoms with Crippen molar-refractivity contribution in [3.05, 3.63) is 35.9 Å². The Morgan fingerprint density at radius 1 is 1.33 bits per heavy atom. The Morgan fingerprint density at radius 2 is 2.06 bits per heavy atom. The first-order valence-corrected chi connectivity index (χ1v) is 6.77. The van der Waals surface area contributed by atoms with Gasteiger partial charge in [-0.05, 0) is 0 Å². The van der Waals surface area contributed by atoms with Gasteiger partial charge in [0.05, 0.1) is 11.4 Å². The van der Waals surface area contributed by atoms with Crippen LogP contribution in [0.15, 0.2) is 30.3 Å². The van der Waals surface area contributed by atoms with Crippen LogP contribution in [0.25, 0.3) is 0 Å². The van der Waals surface area contributed by atoms with Crippen LogP contribution in [0.1, 0.15) is 10.4 Å². The number of thioether (sulfide) groups is 1. The molecular weight excluding hydrogens is 250 g/mol.